The maximum absolute atomic E-state index is 9.71. The Hall–Kier alpha value is -1.70. The second-order valence-electron chi connectivity index (χ2n) is 5.81. The molecule has 1 fully saturated rings. The zero-order valence-corrected chi connectivity index (χ0v) is 11.5. The van der Waals surface area contributed by atoms with Crippen LogP contribution in [0.25, 0.3) is 0 Å². The van der Waals surface area contributed by atoms with E-state index in [2.05, 4.69) is 31.2 Å². The highest BCUT2D eigenvalue weighted by Crippen LogP contribution is 2.46. The lowest BCUT2D eigenvalue weighted by molar-refractivity contribution is 0.212. The van der Waals surface area contributed by atoms with E-state index in [-0.39, 0.29) is 0 Å². The van der Waals surface area contributed by atoms with Crippen molar-refractivity contribution in [2.24, 2.45) is 0 Å². The van der Waals surface area contributed by atoms with Gasteiger partial charge in [-0.25, -0.2) is 0 Å². The summed E-state index contributed by atoms with van der Waals surface area (Å²) < 4.78 is 1.94. The molecule has 2 aromatic rings. The minimum Gasteiger partial charge on any atom is -0.494 e. The fourth-order valence-electron chi connectivity index (χ4n) is 3.12. The summed E-state index contributed by atoms with van der Waals surface area (Å²) in [6.45, 7) is 3.03. The van der Waals surface area contributed by atoms with Crippen LogP contribution in [0, 0.1) is 6.92 Å². The summed E-state index contributed by atoms with van der Waals surface area (Å²) in [6.07, 6.45) is 6.94. The maximum Gasteiger partial charge on any atom is 0.190 e. The molecule has 0 amide bonds. The maximum atomic E-state index is 9.71. The molecule has 1 heterocycles. The van der Waals surface area contributed by atoms with Gasteiger partial charge in [0.25, 0.3) is 0 Å². The van der Waals surface area contributed by atoms with Crippen LogP contribution >= 0.6 is 0 Å². The smallest absolute Gasteiger partial charge is 0.190 e. The van der Waals surface area contributed by atoms with Crippen molar-refractivity contribution in [1.82, 2.24) is 4.57 Å². The fraction of sp³-hybridized carbons (Fsp3) is 0.412. The summed E-state index contributed by atoms with van der Waals surface area (Å²) in [5.41, 5.74) is 3.13. The van der Waals surface area contributed by atoms with Crippen molar-refractivity contribution in [3.63, 3.8) is 0 Å². The molecule has 1 N–H and O–H groups in total. The summed E-state index contributed by atoms with van der Waals surface area (Å²) in [5, 5.41) is 9.71. The Morgan fingerprint density at radius 2 is 1.89 bits per heavy atom. The van der Waals surface area contributed by atoms with Gasteiger partial charge in [0.1, 0.15) is 0 Å². The van der Waals surface area contributed by atoms with Crippen molar-refractivity contribution in [1.29, 1.82) is 0 Å². The molecule has 0 atom stereocenters. The summed E-state index contributed by atoms with van der Waals surface area (Å²) in [4.78, 5) is 0. The third kappa shape index (κ3) is 2.27. The molecule has 3 rings (SSSR count). The van der Waals surface area contributed by atoms with Crippen LogP contribution in [-0.2, 0) is 12.0 Å². The first kappa shape index (κ1) is 12.3. The number of aromatic hydroxyl groups is 1. The molecule has 2 heteroatoms. The van der Waals surface area contributed by atoms with Gasteiger partial charge >= 0.3 is 0 Å². The molecule has 0 unspecified atom stereocenters. The number of aryl methyl sites for hydroxylation is 2. The quantitative estimate of drug-likeness (QED) is 0.877. The van der Waals surface area contributed by atoms with Gasteiger partial charge in [0.05, 0.1) is 0 Å². The van der Waals surface area contributed by atoms with E-state index in [4.69, 9.17) is 0 Å². The van der Waals surface area contributed by atoms with Crippen molar-refractivity contribution in [2.75, 3.05) is 0 Å². The van der Waals surface area contributed by atoms with Crippen molar-refractivity contribution < 1.29 is 5.11 Å². The van der Waals surface area contributed by atoms with Gasteiger partial charge in [-0.1, -0.05) is 36.2 Å². The predicted molar refractivity (Wildman–Crippen MR) is 77.4 cm³/mol. The van der Waals surface area contributed by atoms with E-state index in [1.165, 1.54) is 30.4 Å². The lowest BCUT2D eigenvalue weighted by Gasteiger charge is -2.43. The molecule has 0 aliphatic heterocycles. The Kier molecular flexibility index (Phi) is 3.09. The topological polar surface area (TPSA) is 25.2 Å². The minimum atomic E-state index is 0.338. The van der Waals surface area contributed by atoms with Gasteiger partial charge in [-0.2, -0.15) is 0 Å². The molecular formula is C17H21NO. The molecule has 0 bridgehead atoms. The highest BCUT2D eigenvalue weighted by atomic mass is 16.3. The average Bonchev–Trinajstić information content (AvgIpc) is 2.76. The summed E-state index contributed by atoms with van der Waals surface area (Å²) in [5.74, 6) is 0.373. The molecule has 0 radical (unpaired) electrons. The number of benzene rings is 1. The number of hydrogen-bond acceptors (Lipinski definition) is 1. The third-order valence-electron chi connectivity index (χ3n) is 4.61. The molecule has 100 valence electrons. The van der Waals surface area contributed by atoms with E-state index >= 15 is 0 Å². The zero-order valence-electron chi connectivity index (χ0n) is 11.5. The molecule has 1 aromatic carbocycles. The molecule has 0 spiro atoms. The van der Waals surface area contributed by atoms with Gasteiger partial charge in [0.15, 0.2) is 5.88 Å². The van der Waals surface area contributed by atoms with Crippen LogP contribution < -0.4 is 0 Å². The van der Waals surface area contributed by atoms with Gasteiger partial charge in [-0.3, -0.25) is 0 Å². The summed E-state index contributed by atoms with van der Waals surface area (Å²) in [6, 6.07) is 12.6. The van der Waals surface area contributed by atoms with Crippen LogP contribution in [-0.4, -0.2) is 9.67 Å². The van der Waals surface area contributed by atoms with Crippen molar-refractivity contribution in [2.45, 2.75) is 44.6 Å². The number of rotatable bonds is 4. The number of nitrogens with zero attached hydrogens (tertiary/aromatic N) is 1. The van der Waals surface area contributed by atoms with Crippen LogP contribution in [0.5, 0.6) is 5.88 Å². The third-order valence-corrected chi connectivity index (χ3v) is 4.61. The molecule has 19 heavy (non-hydrogen) atoms. The average molecular weight is 255 g/mol. The van der Waals surface area contributed by atoms with E-state index in [1.54, 1.807) is 6.07 Å². The lowest BCUT2D eigenvalue weighted by Crippen LogP contribution is -2.35. The molecule has 1 aromatic heterocycles. The molecule has 1 saturated carbocycles. The van der Waals surface area contributed by atoms with E-state index in [0.717, 1.165) is 13.0 Å². The Balaban J connectivity index is 1.76. The first-order valence-corrected chi connectivity index (χ1v) is 7.11. The van der Waals surface area contributed by atoms with E-state index in [9.17, 15) is 5.11 Å². The Morgan fingerprint density at radius 3 is 2.42 bits per heavy atom. The monoisotopic (exact) mass is 255 g/mol. The van der Waals surface area contributed by atoms with Gasteiger partial charge in [0, 0.05) is 12.7 Å². The van der Waals surface area contributed by atoms with Crippen LogP contribution in [0.1, 0.15) is 36.8 Å². The number of hydrogen-bond donors (Lipinski definition) is 1. The Morgan fingerprint density at radius 1 is 1.16 bits per heavy atom. The highest BCUT2D eigenvalue weighted by Gasteiger charge is 2.38. The van der Waals surface area contributed by atoms with Gasteiger partial charge < -0.3 is 9.67 Å². The highest BCUT2D eigenvalue weighted by molar-refractivity contribution is 5.30. The van der Waals surface area contributed by atoms with Crippen LogP contribution in [0.4, 0.5) is 0 Å². The van der Waals surface area contributed by atoms with E-state index in [0.29, 0.717) is 11.3 Å². The Labute approximate surface area is 114 Å². The van der Waals surface area contributed by atoms with Crippen LogP contribution in [0.2, 0.25) is 0 Å². The lowest BCUT2D eigenvalue weighted by atomic mass is 9.62. The fourth-order valence-corrected chi connectivity index (χ4v) is 3.12. The predicted octanol–water partition coefficient (Wildman–Crippen LogP) is 4.01. The Bertz CT molecular complexity index is 549. The largest absolute Gasteiger partial charge is 0.494 e. The minimum absolute atomic E-state index is 0.338. The van der Waals surface area contributed by atoms with Crippen molar-refractivity contribution in [3.05, 3.63) is 53.7 Å². The molecular weight excluding hydrogens is 234 g/mol. The molecule has 0 saturated heterocycles. The summed E-state index contributed by atoms with van der Waals surface area (Å²) in [7, 11) is 0. The molecule has 1 aliphatic rings. The number of aromatic nitrogens is 1. The second kappa shape index (κ2) is 4.76. The van der Waals surface area contributed by atoms with Gasteiger partial charge in [0.2, 0.25) is 0 Å². The van der Waals surface area contributed by atoms with Gasteiger partial charge in [-0.05, 0) is 49.3 Å². The first-order chi connectivity index (χ1) is 9.20. The second-order valence-corrected chi connectivity index (χ2v) is 5.81. The van der Waals surface area contributed by atoms with E-state index in [1.807, 2.05) is 16.8 Å². The normalized spacial score (nSPS) is 17.1. The van der Waals surface area contributed by atoms with Crippen molar-refractivity contribution in [3.8, 4) is 5.88 Å². The molecule has 2 nitrogen and oxygen atoms in total. The standard InChI is InChI=1S/C17H21NO/c1-14-5-7-15(8-6-14)17(9-3-10-17)11-13-18-12-2-4-16(18)19/h2,4-8,12,19H,3,9-11,13H2,1H3. The van der Waals surface area contributed by atoms with Crippen molar-refractivity contribution >= 4 is 0 Å². The van der Waals surface area contributed by atoms with E-state index < -0.39 is 0 Å². The zero-order chi connectivity index (χ0) is 13.3. The van der Waals surface area contributed by atoms with Crippen LogP contribution in [0.3, 0.4) is 0 Å². The summed E-state index contributed by atoms with van der Waals surface area (Å²) >= 11 is 0. The molecule has 1 aliphatic carbocycles. The SMILES string of the molecule is Cc1ccc(C2(CCn3cccc3O)CCC2)cc1. The first-order valence-electron chi connectivity index (χ1n) is 7.11. The van der Waals surface area contributed by atoms with Gasteiger partial charge in [-0.15, -0.1) is 0 Å². The van der Waals surface area contributed by atoms with Crippen LogP contribution in [0.15, 0.2) is 42.6 Å².